The van der Waals surface area contributed by atoms with Gasteiger partial charge in [-0.25, -0.2) is 0 Å². The number of hydrogen-bond donors (Lipinski definition) is 3. The first kappa shape index (κ1) is 34.9. The maximum absolute atomic E-state index is 9.00. The number of anilines is 2. The van der Waals surface area contributed by atoms with Crippen molar-refractivity contribution in [3.05, 3.63) is 133 Å². The van der Waals surface area contributed by atoms with Gasteiger partial charge in [-0.1, -0.05) is 60.7 Å². The Morgan fingerprint density at radius 1 is 0.600 bits per heavy atom. The Bertz CT molecular complexity index is 1990. The highest BCUT2D eigenvalue weighted by molar-refractivity contribution is 6.07. The van der Waals surface area contributed by atoms with Crippen LogP contribution in [0.25, 0.3) is 43.4 Å². The summed E-state index contributed by atoms with van der Waals surface area (Å²) in [4.78, 5) is 9.00. The molecule has 0 radical (unpaired) electrons. The van der Waals surface area contributed by atoms with E-state index in [2.05, 4.69) is 106 Å². The summed E-state index contributed by atoms with van der Waals surface area (Å²) in [5.74, 6) is -0.833. The Morgan fingerprint density at radius 2 is 0.956 bits per heavy atom. The quantitative estimate of drug-likeness (QED) is 0.165. The van der Waals surface area contributed by atoms with E-state index >= 15 is 0 Å². The van der Waals surface area contributed by atoms with E-state index in [0.717, 1.165) is 53.2 Å². The summed E-state index contributed by atoms with van der Waals surface area (Å²) in [6, 6.07) is 38.7. The Balaban J connectivity index is 0.000000747. The molecule has 0 aliphatic carbocycles. The van der Waals surface area contributed by atoms with Gasteiger partial charge < -0.3 is 56.0 Å². The number of carboxylic acids is 1. The fourth-order valence-corrected chi connectivity index (χ4v) is 5.63. The molecule has 0 saturated heterocycles. The van der Waals surface area contributed by atoms with Crippen molar-refractivity contribution >= 4 is 60.7 Å². The SMILES string of the molecule is CC(=O)O.Nc1cc[n+](Cc2ccc3ccc4ccc(C[n+]5ccc(N)c6ccccc65)cc4c3c2)c2ccccc12.O.[Br-].[Br-]. The number of aromatic nitrogens is 2. The van der Waals surface area contributed by atoms with Crippen molar-refractivity contribution in [2.45, 2.75) is 20.0 Å². The van der Waals surface area contributed by atoms with Crippen molar-refractivity contribution in [1.82, 2.24) is 0 Å². The molecule has 7 nitrogen and oxygen atoms in total. The van der Waals surface area contributed by atoms with Crippen LogP contribution >= 0.6 is 0 Å². The fourth-order valence-electron chi connectivity index (χ4n) is 5.63. The Kier molecular flexibility index (Phi) is 11.6. The van der Waals surface area contributed by atoms with Crippen LogP contribution in [0.4, 0.5) is 11.4 Å². The number of fused-ring (bicyclic) bond motifs is 5. The number of hydrogen-bond acceptors (Lipinski definition) is 3. The van der Waals surface area contributed by atoms with Crippen LogP contribution in [0, 0.1) is 0 Å². The second-order valence-electron chi connectivity index (χ2n) is 10.5. The lowest BCUT2D eigenvalue weighted by molar-refractivity contribution is -0.662. The van der Waals surface area contributed by atoms with Gasteiger partial charge >= 0.3 is 0 Å². The van der Waals surface area contributed by atoms with Crippen LogP contribution in [0.15, 0.2) is 122 Å². The van der Waals surface area contributed by atoms with Crippen molar-refractivity contribution in [1.29, 1.82) is 0 Å². The van der Waals surface area contributed by atoms with Crippen LogP contribution in [0.2, 0.25) is 0 Å². The number of para-hydroxylation sites is 2. The van der Waals surface area contributed by atoms with Crippen LogP contribution in [0.1, 0.15) is 18.1 Å². The lowest BCUT2D eigenvalue weighted by atomic mass is 9.98. The van der Waals surface area contributed by atoms with Crippen LogP contribution < -0.4 is 54.6 Å². The highest BCUT2D eigenvalue weighted by atomic mass is 79.9. The highest BCUT2D eigenvalue weighted by Crippen LogP contribution is 2.28. The predicted molar refractivity (Wildman–Crippen MR) is 174 cm³/mol. The number of nitrogen functional groups attached to an aromatic ring is 2. The van der Waals surface area contributed by atoms with Gasteiger partial charge in [0, 0.05) is 42.3 Å². The second-order valence-corrected chi connectivity index (χ2v) is 10.5. The zero-order valence-electron chi connectivity index (χ0n) is 24.6. The molecule has 7 N–H and O–H groups in total. The molecule has 0 aliphatic heterocycles. The molecule has 9 heteroatoms. The molecule has 0 fully saturated rings. The number of carboxylic acid groups (broad SMARTS) is 1. The molecule has 0 aliphatic rings. The molecular weight excluding hydrogens is 696 g/mol. The van der Waals surface area contributed by atoms with Crippen molar-refractivity contribution < 1.29 is 58.5 Å². The number of rotatable bonds is 4. The lowest BCUT2D eigenvalue weighted by Gasteiger charge is -2.09. The summed E-state index contributed by atoms with van der Waals surface area (Å²) in [5.41, 5.74) is 18.9. The fraction of sp³-hybridized carbons (Fsp3) is 0.0833. The van der Waals surface area contributed by atoms with Crippen molar-refractivity contribution in [3.63, 3.8) is 0 Å². The van der Waals surface area contributed by atoms with Crippen LogP contribution in [-0.4, -0.2) is 16.6 Å². The maximum Gasteiger partial charge on any atom is 0.300 e. The summed E-state index contributed by atoms with van der Waals surface area (Å²) >= 11 is 0. The van der Waals surface area contributed by atoms with E-state index in [4.69, 9.17) is 21.4 Å². The normalized spacial score (nSPS) is 10.3. The van der Waals surface area contributed by atoms with Crippen LogP contribution in [-0.2, 0) is 17.9 Å². The third-order valence-electron chi connectivity index (χ3n) is 7.59. The molecule has 230 valence electrons. The summed E-state index contributed by atoms with van der Waals surface area (Å²) in [6.45, 7) is 2.64. The van der Waals surface area contributed by atoms with E-state index in [0.29, 0.717) is 0 Å². The third kappa shape index (κ3) is 7.39. The number of aliphatic carboxylic acids is 1. The van der Waals surface area contributed by atoms with Crippen molar-refractivity contribution in [2.75, 3.05) is 11.5 Å². The number of benzene rings is 5. The van der Waals surface area contributed by atoms with Gasteiger partial charge in [-0.3, -0.25) is 4.79 Å². The Labute approximate surface area is 282 Å². The van der Waals surface area contributed by atoms with Crippen molar-refractivity contribution in [2.24, 2.45) is 0 Å². The van der Waals surface area contributed by atoms with E-state index in [1.165, 1.54) is 32.7 Å². The molecule has 0 atom stereocenters. The predicted octanol–water partition coefficient (Wildman–Crippen LogP) is -0.590. The summed E-state index contributed by atoms with van der Waals surface area (Å²) < 4.78 is 4.54. The number of pyridine rings is 2. The van der Waals surface area contributed by atoms with Gasteiger partial charge in [0.15, 0.2) is 25.5 Å². The molecule has 7 rings (SSSR count). The van der Waals surface area contributed by atoms with Crippen LogP contribution in [0.3, 0.4) is 0 Å². The van der Waals surface area contributed by atoms with E-state index in [-0.39, 0.29) is 39.4 Å². The minimum atomic E-state index is -0.833. The second kappa shape index (κ2) is 14.9. The van der Waals surface area contributed by atoms with Gasteiger partial charge in [-0.05, 0) is 45.8 Å². The Hall–Kier alpha value is -4.57. The molecule has 5 aromatic carbocycles. The topological polar surface area (TPSA) is 129 Å². The minimum absolute atomic E-state index is 0. The number of halogens is 2. The first-order valence-corrected chi connectivity index (χ1v) is 13.8. The third-order valence-corrected chi connectivity index (χ3v) is 7.59. The Morgan fingerprint density at radius 3 is 1.36 bits per heavy atom. The van der Waals surface area contributed by atoms with Gasteiger partial charge in [-0.2, -0.15) is 9.13 Å². The van der Waals surface area contributed by atoms with E-state index in [9.17, 15) is 0 Å². The van der Waals surface area contributed by atoms with E-state index in [1.54, 1.807) is 0 Å². The summed E-state index contributed by atoms with van der Waals surface area (Å²) in [7, 11) is 0. The summed E-state index contributed by atoms with van der Waals surface area (Å²) in [6.07, 6.45) is 4.16. The highest BCUT2D eigenvalue weighted by Gasteiger charge is 2.14. The standard InChI is InChI=1S/C34H26N4.C2H4O2.2BrH.H2O/c35-31-15-17-37(33-7-3-1-5-27(31)33)21-23-9-11-25-13-14-26-12-10-24(20-30(26)29(25)19-23)22-38-18-16-32(36)28-6-2-4-8-34(28)38;1-2(3)4;;;/h1-20,35-36H,21-22H2;1H3,(H,3,4);2*1H;1H2. The first-order chi connectivity index (χ1) is 20.4. The molecular formula is C36H34Br2N4O3. The van der Waals surface area contributed by atoms with Crippen molar-refractivity contribution in [3.8, 4) is 0 Å². The molecule has 7 aromatic rings. The zero-order chi connectivity index (χ0) is 29.2. The maximum atomic E-state index is 9.00. The van der Waals surface area contributed by atoms with Gasteiger partial charge in [0.1, 0.15) is 0 Å². The lowest BCUT2D eigenvalue weighted by Crippen LogP contribution is -3.00. The molecule has 0 saturated carbocycles. The van der Waals surface area contributed by atoms with E-state index < -0.39 is 5.97 Å². The van der Waals surface area contributed by atoms with Gasteiger partial charge in [0.05, 0.1) is 22.1 Å². The molecule has 0 amide bonds. The molecule has 2 aromatic heterocycles. The number of nitrogens with zero attached hydrogens (tertiary/aromatic N) is 2. The zero-order valence-corrected chi connectivity index (χ0v) is 27.8. The molecule has 45 heavy (non-hydrogen) atoms. The van der Waals surface area contributed by atoms with Gasteiger partial charge in [0.2, 0.25) is 11.0 Å². The molecule has 0 bridgehead atoms. The number of nitrogens with two attached hydrogens (primary N) is 2. The first-order valence-electron chi connectivity index (χ1n) is 13.8. The average Bonchev–Trinajstić information content (AvgIpc) is 3.00. The average molecular weight is 731 g/mol. The molecule has 0 spiro atoms. The smallest absolute Gasteiger partial charge is 0.300 e. The number of carbonyl (C=O) groups is 1. The minimum Gasteiger partial charge on any atom is -1.00 e. The van der Waals surface area contributed by atoms with Crippen LogP contribution in [0.5, 0.6) is 0 Å². The molecule has 0 unspecified atom stereocenters. The molecule has 2 heterocycles. The van der Waals surface area contributed by atoms with Gasteiger partial charge in [-0.15, -0.1) is 0 Å². The van der Waals surface area contributed by atoms with E-state index in [1.807, 2.05) is 24.3 Å². The van der Waals surface area contributed by atoms with Gasteiger partial charge in [0.25, 0.3) is 5.97 Å². The summed E-state index contributed by atoms with van der Waals surface area (Å²) in [5, 5.41) is 14.6. The largest absolute Gasteiger partial charge is 1.00 e. The monoisotopic (exact) mass is 728 g/mol.